The first kappa shape index (κ1) is 32.5. The molecule has 0 fully saturated rings. The highest BCUT2D eigenvalue weighted by Crippen LogP contribution is 2.40. The number of ether oxygens (including phenoxy) is 4. The summed E-state index contributed by atoms with van der Waals surface area (Å²) >= 11 is 6.70. The summed E-state index contributed by atoms with van der Waals surface area (Å²) in [6.07, 6.45) is 8.02. The number of aromatic amines is 2. The van der Waals surface area contributed by atoms with E-state index in [4.69, 9.17) is 28.9 Å². The Morgan fingerprint density at radius 2 is 0.635 bits per heavy atom. The summed E-state index contributed by atoms with van der Waals surface area (Å²) in [4.78, 5) is 17.0. The van der Waals surface area contributed by atoms with Crippen LogP contribution in [0.2, 0.25) is 0 Å². The van der Waals surface area contributed by atoms with Crippen LogP contribution < -0.4 is 18.9 Å². The average molecular weight is 759 g/mol. The molecule has 16 bridgehead atoms. The van der Waals surface area contributed by atoms with Gasteiger partial charge in [-0.2, -0.15) is 0 Å². The largest absolute Gasteiger partial charge is 0.493 e. The highest BCUT2D eigenvalue weighted by Gasteiger charge is 2.14. The van der Waals surface area contributed by atoms with E-state index in [2.05, 4.69) is 58.5 Å². The summed E-state index contributed by atoms with van der Waals surface area (Å²) in [5.41, 5.74) is 6.73. The van der Waals surface area contributed by atoms with Crippen molar-refractivity contribution in [3.8, 4) is 23.0 Å². The zero-order chi connectivity index (χ0) is 35.3. The van der Waals surface area contributed by atoms with Crippen LogP contribution in [0.4, 0.5) is 0 Å². The normalized spacial score (nSPS) is 12.1. The first-order valence-corrected chi connectivity index (χ1v) is 19.5. The lowest BCUT2D eigenvalue weighted by Crippen LogP contribution is -1.86. The molecule has 0 unspecified atom stereocenters. The Bertz CT molecular complexity index is 2740. The van der Waals surface area contributed by atoms with Crippen molar-refractivity contribution in [1.82, 2.24) is 19.9 Å². The van der Waals surface area contributed by atoms with E-state index in [0.29, 0.717) is 0 Å². The molecule has 2 aliphatic rings. The molecule has 9 heterocycles. The zero-order valence-electron chi connectivity index (χ0n) is 28.4. The van der Waals surface area contributed by atoms with Crippen molar-refractivity contribution in [3.63, 3.8) is 0 Å². The van der Waals surface area contributed by atoms with E-state index < -0.39 is 0 Å². The fourth-order valence-electron chi connectivity index (χ4n) is 6.35. The fraction of sp³-hybridized carbons (Fsp3) is 0.100. The first-order chi connectivity index (χ1) is 25.5. The third-order valence-corrected chi connectivity index (χ3v) is 13.5. The third kappa shape index (κ3) is 5.64. The molecule has 7 aromatic heterocycles. The summed E-state index contributed by atoms with van der Waals surface area (Å²) in [6.45, 7) is 0. The number of nitrogens with zero attached hydrogens (tertiary/aromatic N) is 2. The van der Waals surface area contributed by atoms with E-state index in [0.717, 1.165) is 105 Å². The van der Waals surface area contributed by atoms with Gasteiger partial charge in [0.15, 0.2) is 23.0 Å². The molecule has 0 aliphatic carbocycles. The number of methoxy groups -OCH3 is 4. The predicted octanol–water partition coefficient (Wildman–Crippen LogP) is 11.8. The monoisotopic (exact) mass is 758 g/mol. The molecule has 8 nitrogen and oxygen atoms in total. The van der Waals surface area contributed by atoms with Gasteiger partial charge in [-0.05, 0) is 97.1 Å². The van der Waals surface area contributed by atoms with E-state index in [9.17, 15) is 0 Å². The minimum absolute atomic E-state index is 0.730. The van der Waals surface area contributed by atoms with Gasteiger partial charge in [0.2, 0.25) is 0 Å². The smallest absolute Gasteiger partial charge is 0.161 e. The maximum absolute atomic E-state index is 5.96. The summed E-state index contributed by atoms with van der Waals surface area (Å²) in [6, 6.07) is 25.0. The van der Waals surface area contributed by atoms with Crippen LogP contribution in [0.25, 0.3) is 84.0 Å². The Kier molecular flexibility index (Phi) is 8.31. The van der Waals surface area contributed by atoms with Crippen molar-refractivity contribution in [2.45, 2.75) is 0 Å². The van der Waals surface area contributed by atoms with Gasteiger partial charge in [-0.1, -0.05) is 0 Å². The molecule has 0 radical (unpaired) electrons. The van der Waals surface area contributed by atoms with Crippen LogP contribution in [0.15, 0.2) is 72.8 Å². The molecule has 2 N–H and O–H groups in total. The Labute approximate surface area is 313 Å². The van der Waals surface area contributed by atoms with Gasteiger partial charge >= 0.3 is 0 Å². The molecule has 52 heavy (non-hydrogen) atoms. The van der Waals surface area contributed by atoms with Crippen molar-refractivity contribution < 1.29 is 18.9 Å². The van der Waals surface area contributed by atoms with E-state index in [-0.39, 0.29) is 0 Å². The number of rotatable bonds is 4. The molecule has 2 aliphatic heterocycles. The van der Waals surface area contributed by atoms with Gasteiger partial charge in [-0.15, -0.1) is 45.3 Å². The van der Waals surface area contributed by atoms with E-state index in [1.165, 1.54) is 0 Å². The Hall–Kier alpha value is -5.40. The van der Waals surface area contributed by atoms with Crippen LogP contribution in [-0.4, -0.2) is 48.4 Å². The zero-order valence-corrected chi connectivity index (χ0v) is 31.7. The molecular weight excluding hydrogens is 729 g/mol. The summed E-state index contributed by atoms with van der Waals surface area (Å²) < 4.78 is 32.4. The number of aromatic nitrogens is 4. The van der Waals surface area contributed by atoms with Crippen molar-refractivity contribution in [1.29, 1.82) is 0 Å². The SMILES string of the molecule is COc1c2nc(c3ccc([nH]3)c(OC)c3ccc(s3)c3ccc(s3)c(OC)c3nc(c4ccc([nH]4)c(OC)c4ccc(s4)c4ccc1s4)C=C3)C=C2. The van der Waals surface area contributed by atoms with Crippen LogP contribution in [0, 0.1) is 0 Å². The highest BCUT2D eigenvalue weighted by molar-refractivity contribution is 7.31. The maximum atomic E-state index is 5.96. The molecule has 0 saturated heterocycles. The van der Waals surface area contributed by atoms with Crippen molar-refractivity contribution in [2.75, 3.05) is 28.4 Å². The van der Waals surface area contributed by atoms with Gasteiger partial charge in [0, 0.05) is 18.8 Å². The maximum Gasteiger partial charge on any atom is 0.161 e. The Morgan fingerprint density at radius 1 is 0.346 bits per heavy atom. The van der Waals surface area contributed by atoms with Gasteiger partial charge < -0.3 is 28.9 Å². The highest BCUT2D eigenvalue weighted by atomic mass is 32.1. The summed E-state index contributed by atoms with van der Waals surface area (Å²) in [5.74, 6) is 3.00. The molecule has 0 amide bonds. The van der Waals surface area contributed by atoms with Gasteiger partial charge in [0.05, 0.1) is 80.7 Å². The second kappa shape index (κ2) is 13.3. The number of fused-ring (bicyclic) bond motifs is 20. The molecule has 0 atom stereocenters. The van der Waals surface area contributed by atoms with Gasteiger partial charge in [-0.25, -0.2) is 9.97 Å². The minimum atomic E-state index is 0.730. The van der Waals surface area contributed by atoms with Crippen molar-refractivity contribution >= 4 is 129 Å². The van der Waals surface area contributed by atoms with Crippen LogP contribution in [0.5, 0.6) is 23.0 Å². The van der Waals surface area contributed by atoms with Crippen LogP contribution in [-0.2, 0) is 0 Å². The molecule has 0 saturated carbocycles. The molecule has 258 valence electrons. The van der Waals surface area contributed by atoms with E-state index in [1.54, 1.807) is 73.8 Å². The van der Waals surface area contributed by atoms with E-state index in [1.807, 2.05) is 48.6 Å². The molecule has 0 aromatic carbocycles. The van der Waals surface area contributed by atoms with Crippen molar-refractivity contribution in [2.24, 2.45) is 0 Å². The molecule has 9 rings (SSSR count). The summed E-state index contributed by atoms with van der Waals surface area (Å²) in [5, 5.41) is 0. The van der Waals surface area contributed by atoms with E-state index >= 15 is 0 Å². The number of H-pyrrole nitrogens is 2. The molecule has 7 aromatic rings. The van der Waals surface area contributed by atoms with Gasteiger partial charge in [0.1, 0.15) is 11.4 Å². The summed E-state index contributed by atoms with van der Waals surface area (Å²) in [7, 11) is 6.80. The number of thiophene rings is 4. The van der Waals surface area contributed by atoms with Crippen molar-refractivity contribution in [3.05, 3.63) is 95.6 Å². The van der Waals surface area contributed by atoms with Crippen LogP contribution in [0.1, 0.15) is 22.8 Å². The number of hydrogen-bond acceptors (Lipinski definition) is 10. The molecular formula is C40H30N4O4S4. The quantitative estimate of drug-likeness (QED) is 0.186. The van der Waals surface area contributed by atoms with Crippen LogP contribution in [0.3, 0.4) is 0 Å². The average Bonchev–Trinajstić information content (AvgIpc) is 3.99. The lowest BCUT2D eigenvalue weighted by molar-refractivity contribution is 0.418. The predicted molar refractivity (Wildman–Crippen MR) is 222 cm³/mol. The minimum Gasteiger partial charge on any atom is -0.493 e. The van der Waals surface area contributed by atoms with Crippen LogP contribution >= 0.6 is 45.3 Å². The Morgan fingerprint density at radius 3 is 0.981 bits per heavy atom. The van der Waals surface area contributed by atoms with Gasteiger partial charge in [-0.3, -0.25) is 0 Å². The lowest BCUT2D eigenvalue weighted by atomic mass is 10.3. The molecule has 0 spiro atoms. The lowest BCUT2D eigenvalue weighted by Gasteiger charge is -1.99. The third-order valence-electron chi connectivity index (χ3n) is 8.78. The second-order valence-corrected chi connectivity index (χ2v) is 16.1. The molecule has 12 heteroatoms. The fourth-order valence-corrected chi connectivity index (χ4v) is 10.7. The standard InChI is InChI=1S/C40H30N4O4S4/c1-45-37-25-9-5-21(41-25)22-6-10-26(42-22)38(46-2)35-19-15-31(51-35)32-16-20-36(52-32)40(48-4)28-12-8-24(44-28)23-7-11-27(43-23)39(47-3)34-18-14-30(50-34)29-13-17-33(37)49-29/h5-20,41,44H,1-4H3. The Balaban J connectivity index is 1.33. The number of nitrogens with one attached hydrogen (secondary N) is 2. The van der Waals surface area contributed by atoms with Gasteiger partial charge in [0.25, 0.3) is 0 Å². The number of hydrogen-bond donors (Lipinski definition) is 2. The first-order valence-electron chi connectivity index (χ1n) is 16.3. The second-order valence-electron chi connectivity index (χ2n) is 11.8. The topological polar surface area (TPSA) is 94.3 Å².